The van der Waals surface area contributed by atoms with Crippen molar-refractivity contribution in [1.29, 1.82) is 0 Å². The molecule has 3 nitrogen and oxygen atoms in total. The van der Waals surface area contributed by atoms with E-state index in [1.54, 1.807) is 11.3 Å². The smallest absolute Gasteiger partial charge is 0.143 e. The van der Waals surface area contributed by atoms with Gasteiger partial charge in [-0.3, -0.25) is 4.98 Å². The Morgan fingerprint density at radius 3 is 3.05 bits per heavy atom. The predicted octanol–water partition coefficient (Wildman–Crippen LogP) is 3.00. The van der Waals surface area contributed by atoms with Crippen LogP contribution in [0.2, 0.25) is 0 Å². The molecule has 0 saturated heterocycles. The highest BCUT2D eigenvalue weighted by atomic mass is 32.1. The fraction of sp³-hybridized carbons (Fsp3) is 0.200. The minimum Gasteiger partial charge on any atom is -0.311 e. The molecule has 0 bridgehead atoms. The summed E-state index contributed by atoms with van der Waals surface area (Å²) >= 11 is 1.77. The lowest BCUT2D eigenvalue weighted by Crippen LogP contribution is -2.22. The fourth-order valence-electron chi connectivity index (χ4n) is 2.52. The first kappa shape index (κ1) is 11.1. The molecule has 4 rings (SSSR count). The quantitative estimate of drug-likeness (QED) is 0.736. The van der Waals surface area contributed by atoms with Gasteiger partial charge in [0.05, 0.1) is 5.69 Å². The van der Waals surface area contributed by atoms with Gasteiger partial charge in [-0.05, 0) is 11.5 Å². The van der Waals surface area contributed by atoms with E-state index in [0.717, 1.165) is 30.2 Å². The van der Waals surface area contributed by atoms with Crippen LogP contribution in [0.1, 0.15) is 10.6 Å². The molecule has 0 amide bonds. The molecule has 2 aromatic heterocycles. The summed E-state index contributed by atoms with van der Waals surface area (Å²) in [5.41, 5.74) is 2.26. The lowest BCUT2D eigenvalue weighted by atomic mass is 10.1. The number of rotatable bonds is 1. The van der Waals surface area contributed by atoms with E-state index in [1.165, 1.54) is 21.3 Å². The van der Waals surface area contributed by atoms with E-state index in [0.29, 0.717) is 0 Å². The van der Waals surface area contributed by atoms with Crippen molar-refractivity contribution in [2.75, 3.05) is 6.54 Å². The van der Waals surface area contributed by atoms with Crippen LogP contribution in [0, 0.1) is 0 Å². The highest BCUT2D eigenvalue weighted by Gasteiger charge is 2.17. The molecule has 0 unspecified atom stereocenters. The lowest BCUT2D eigenvalue weighted by Gasteiger charge is -2.09. The van der Waals surface area contributed by atoms with Crippen molar-refractivity contribution in [3.8, 4) is 10.7 Å². The molecule has 1 N–H and O–H groups in total. The summed E-state index contributed by atoms with van der Waals surface area (Å²) < 4.78 is 0. The number of nitrogens with zero attached hydrogens (tertiary/aromatic N) is 2. The van der Waals surface area contributed by atoms with Gasteiger partial charge in [0, 0.05) is 36.0 Å². The zero-order valence-electron chi connectivity index (χ0n) is 10.4. The molecule has 1 aromatic carbocycles. The van der Waals surface area contributed by atoms with Gasteiger partial charge >= 0.3 is 0 Å². The van der Waals surface area contributed by atoms with Gasteiger partial charge in [0.2, 0.25) is 0 Å². The van der Waals surface area contributed by atoms with Crippen LogP contribution in [0.4, 0.5) is 0 Å². The average Bonchev–Trinajstić information content (AvgIpc) is 2.90. The second kappa shape index (κ2) is 4.40. The van der Waals surface area contributed by atoms with Gasteiger partial charge in [0.15, 0.2) is 0 Å². The molecule has 0 radical (unpaired) electrons. The Bertz CT molecular complexity index is 719. The van der Waals surface area contributed by atoms with Crippen LogP contribution in [0.15, 0.2) is 36.5 Å². The lowest BCUT2D eigenvalue weighted by molar-refractivity contribution is 0.644. The van der Waals surface area contributed by atoms with E-state index >= 15 is 0 Å². The summed E-state index contributed by atoms with van der Waals surface area (Å²) in [6.07, 6.45) is 2.90. The van der Waals surface area contributed by atoms with E-state index in [9.17, 15) is 0 Å². The first-order chi connectivity index (χ1) is 9.42. The molecule has 3 heterocycles. The second-order valence-corrected chi connectivity index (χ2v) is 5.78. The van der Waals surface area contributed by atoms with E-state index in [-0.39, 0.29) is 0 Å². The molecular formula is C15H13N3S. The topological polar surface area (TPSA) is 37.8 Å². The minimum atomic E-state index is 0.942. The highest BCUT2D eigenvalue weighted by molar-refractivity contribution is 7.15. The third-order valence-electron chi connectivity index (χ3n) is 3.48. The number of hydrogen-bond donors (Lipinski definition) is 1. The van der Waals surface area contributed by atoms with Crippen molar-refractivity contribution in [2.24, 2.45) is 0 Å². The first-order valence-electron chi connectivity index (χ1n) is 6.45. The van der Waals surface area contributed by atoms with Crippen LogP contribution in [-0.4, -0.2) is 16.5 Å². The number of pyridine rings is 1. The Morgan fingerprint density at radius 2 is 2.11 bits per heavy atom. The third-order valence-corrected chi connectivity index (χ3v) is 4.58. The molecule has 4 heteroatoms. The van der Waals surface area contributed by atoms with Crippen molar-refractivity contribution in [1.82, 2.24) is 15.3 Å². The van der Waals surface area contributed by atoms with Crippen molar-refractivity contribution in [2.45, 2.75) is 13.0 Å². The average molecular weight is 267 g/mol. The van der Waals surface area contributed by atoms with E-state index in [4.69, 9.17) is 4.98 Å². The van der Waals surface area contributed by atoms with Gasteiger partial charge < -0.3 is 5.32 Å². The van der Waals surface area contributed by atoms with E-state index < -0.39 is 0 Å². The number of thiazole rings is 1. The molecule has 1 aliphatic rings. The number of fused-ring (bicyclic) bond motifs is 2. The number of hydrogen-bond acceptors (Lipinski definition) is 4. The first-order valence-corrected chi connectivity index (χ1v) is 7.27. The Labute approximate surface area is 115 Å². The molecule has 1 aliphatic heterocycles. The molecule has 0 spiro atoms. The molecule has 0 fully saturated rings. The summed E-state index contributed by atoms with van der Waals surface area (Å²) in [5, 5.41) is 6.85. The standard InChI is InChI=1S/C15H13N3S/c1-2-4-11-10(3-1)5-8-17-14(11)15-18-12-6-7-16-9-13(12)19-15/h1-5,8,16H,6-7,9H2. The Morgan fingerprint density at radius 1 is 1.16 bits per heavy atom. The van der Waals surface area contributed by atoms with Gasteiger partial charge in [0.25, 0.3) is 0 Å². The summed E-state index contributed by atoms with van der Waals surface area (Å²) in [4.78, 5) is 10.7. The van der Waals surface area contributed by atoms with Crippen molar-refractivity contribution >= 4 is 22.1 Å². The van der Waals surface area contributed by atoms with Crippen LogP contribution in [0.5, 0.6) is 0 Å². The largest absolute Gasteiger partial charge is 0.311 e. The molecule has 3 aromatic rings. The van der Waals surface area contributed by atoms with Crippen molar-refractivity contribution < 1.29 is 0 Å². The monoisotopic (exact) mass is 267 g/mol. The number of aromatic nitrogens is 2. The Hall–Kier alpha value is -1.78. The van der Waals surface area contributed by atoms with Gasteiger partial charge in [0.1, 0.15) is 10.7 Å². The predicted molar refractivity (Wildman–Crippen MR) is 78.3 cm³/mol. The minimum absolute atomic E-state index is 0.942. The van der Waals surface area contributed by atoms with Crippen LogP contribution in [0.3, 0.4) is 0 Å². The van der Waals surface area contributed by atoms with Crippen LogP contribution < -0.4 is 5.32 Å². The van der Waals surface area contributed by atoms with Gasteiger partial charge in [-0.15, -0.1) is 11.3 Å². The maximum atomic E-state index is 4.79. The number of benzene rings is 1. The molecular weight excluding hydrogens is 254 g/mol. The molecule has 0 saturated carbocycles. The van der Waals surface area contributed by atoms with Crippen molar-refractivity contribution in [3.05, 3.63) is 47.1 Å². The second-order valence-electron chi connectivity index (χ2n) is 4.70. The number of nitrogens with one attached hydrogen (secondary N) is 1. The molecule has 94 valence electrons. The highest BCUT2D eigenvalue weighted by Crippen LogP contribution is 2.32. The van der Waals surface area contributed by atoms with Crippen molar-refractivity contribution in [3.63, 3.8) is 0 Å². The summed E-state index contributed by atoms with van der Waals surface area (Å²) in [5.74, 6) is 0. The Balaban J connectivity index is 1.92. The van der Waals surface area contributed by atoms with Gasteiger partial charge in [-0.25, -0.2) is 4.98 Å². The summed E-state index contributed by atoms with van der Waals surface area (Å²) in [7, 11) is 0. The fourth-order valence-corrected chi connectivity index (χ4v) is 3.61. The molecule has 19 heavy (non-hydrogen) atoms. The molecule has 0 atom stereocenters. The Kier molecular flexibility index (Phi) is 2.57. The van der Waals surface area contributed by atoms with Crippen LogP contribution in [-0.2, 0) is 13.0 Å². The summed E-state index contributed by atoms with van der Waals surface area (Å²) in [6.45, 7) is 1.97. The van der Waals surface area contributed by atoms with Crippen LogP contribution in [0.25, 0.3) is 21.5 Å². The summed E-state index contributed by atoms with van der Waals surface area (Å²) in [6, 6.07) is 10.4. The zero-order chi connectivity index (χ0) is 12.7. The third kappa shape index (κ3) is 1.84. The van der Waals surface area contributed by atoms with Gasteiger partial charge in [-0.1, -0.05) is 24.3 Å². The zero-order valence-corrected chi connectivity index (χ0v) is 11.2. The van der Waals surface area contributed by atoms with Gasteiger partial charge in [-0.2, -0.15) is 0 Å². The maximum absolute atomic E-state index is 4.79. The molecule has 0 aliphatic carbocycles. The SMILES string of the molecule is c1ccc2c(-c3nc4c(s3)CNCC4)nccc2c1. The normalized spacial score (nSPS) is 14.5. The van der Waals surface area contributed by atoms with E-state index in [2.05, 4.69) is 34.6 Å². The van der Waals surface area contributed by atoms with E-state index in [1.807, 2.05) is 12.3 Å². The van der Waals surface area contributed by atoms with Crippen LogP contribution >= 0.6 is 11.3 Å². The maximum Gasteiger partial charge on any atom is 0.143 e.